The highest BCUT2D eigenvalue weighted by Gasteiger charge is 2.30. The zero-order chi connectivity index (χ0) is 24.0. The first kappa shape index (κ1) is 23.4. The number of carbonyl (C=O) groups is 1. The number of halogens is 3. The van der Waals surface area contributed by atoms with E-state index in [1.54, 1.807) is 6.20 Å². The summed E-state index contributed by atoms with van der Waals surface area (Å²) in [5.41, 5.74) is 2.93. The average molecular weight is 485 g/mol. The Morgan fingerprint density at radius 3 is 2.65 bits per heavy atom. The molecule has 1 amide bonds. The quantitative estimate of drug-likeness (QED) is 0.293. The number of hydrogen-bond donors (Lipinski definition) is 2. The van der Waals surface area contributed by atoms with E-state index in [2.05, 4.69) is 25.2 Å². The van der Waals surface area contributed by atoms with Crippen molar-refractivity contribution in [3.8, 4) is 5.75 Å². The number of hydrogen-bond acceptors (Lipinski definition) is 5. The topological polar surface area (TPSA) is 79.9 Å². The molecule has 2 aromatic heterocycles. The number of H-pyrrole nitrogens is 1. The summed E-state index contributed by atoms with van der Waals surface area (Å²) in [4.78, 5) is 17.4. The lowest BCUT2D eigenvalue weighted by molar-refractivity contribution is -0.274. The summed E-state index contributed by atoms with van der Waals surface area (Å²) in [6, 6.07) is 16.6. The van der Waals surface area contributed by atoms with Crippen LogP contribution in [0.25, 0.3) is 23.1 Å². The highest BCUT2D eigenvalue weighted by molar-refractivity contribution is 7.99. The van der Waals surface area contributed by atoms with Gasteiger partial charge in [0.15, 0.2) is 0 Å². The fourth-order valence-electron chi connectivity index (χ4n) is 3.10. The number of fused-ring (bicyclic) bond motifs is 1. The molecule has 0 spiro atoms. The number of ether oxygens (including phenoxy) is 1. The summed E-state index contributed by atoms with van der Waals surface area (Å²) in [5, 5.41) is 11.0. The van der Waals surface area contributed by atoms with Crippen LogP contribution in [0.5, 0.6) is 5.75 Å². The first-order valence-electron chi connectivity index (χ1n) is 10.2. The Morgan fingerprint density at radius 2 is 1.91 bits per heavy atom. The monoisotopic (exact) mass is 484 g/mol. The minimum atomic E-state index is -4.75. The number of alkyl halides is 3. The zero-order valence-electron chi connectivity index (χ0n) is 17.7. The molecule has 0 aliphatic rings. The maximum atomic E-state index is 12.2. The highest BCUT2D eigenvalue weighted by Crippen LogP contribution is 2.26. The molecule has 0 aliphatic heterocycles. The molecule has 2 N–H and O–H groups in total. The predicted octanol–water partition coefficient (Wildman–Crippen LogP) is 6.15. The third-order valence-electron chi connectivity index (χ3n) is 4.63. The van der Waals surface area contributed by atoms with Gasteiger partial charge in [-0.3, -0.25) is 14.9 Å². The number of carbonyl (C=O) groups excluding carboxylic acids is 1. The van der Waals surface area contributed by atoms with E-state index in [0.717, 1.165) is 39.3 Å². The van der Waals surface area contributed by atoms with Crippen molar-refractivity contribution in [1.82, 2.24) is 15.2 Å². The van der Waals surface area contributed by atoms with Crippen LogP contribution in [0.2, 0.25) is 0 Å². The fraction of sp³-hybridized carbons (Fsp3) is 0.125. The number of benzene rings is 2. The molecule has 0 bridgehead atoms. The van der Waals surface area contributed by atoms with Gasteiger partial charge in [0.05, 0.1) is 16.9 Å². The van der Waals surface area contributed by atoms with Crippen LogP contribution in [0.1, 0.15) is 17.8 Å². The van der Waals surface area contributed by atoms with Crippen LogP contribution < -0.4 is 10.1 Å². The van der Waals surface area contributed by atoms with Crippen LogP contribution in [0, 0.1) is 0 Å². The molecule has 34 heavy (non-hydrogen) atoms. The van der Waals surface area contributed by atoms with Crippen LogP contribution in [0.3, 0.4) is 0 Å². The Kier molecular flexibility index (Phi) is 7.17. The summed E-state index contributed by atoms with van der Waals surface area (Å²) in [5.74, 6) is -0.0418. The molecule has 2 heterocycles. The molecule has 0 aliphatic carbocycles. The first-order valence-corrected chi connectivity index (χ1v) is 11.2. The number of amides is 1. The molecule has 0 radical (unpaired) electrons. The van der Waals surface area contributed by atoms with Gasteiger partial charge in [-0.05, 0) is 66.7 Å². The first-order chi connectivity index (χ1) is 16.4. The summed E-state index contributed by atoms with van der Waals surface area (Å²) >= 11 is 1.52. The Morgan fingerprint density at radius 1 is 1.09 bits per heavy atom. The van der Waals surface area contributed by atoms with E-state index in [0.29, 0.717) is 11.4 Å². The minimum absolute atomic E-state index is 0.235. The Hall–Kier alpha value is -3.79. The van der Waals surface area contributed by atoms with E-state index in [9.17, 15) is 18.0 Å². The van der Waals surface area contributed by atoms with Crippen LogP contribution in [-0.4, -0.2) is 33.2 Å². The van der Waals surface area contributed by atoms with Gasteiger partial charge in [-0.2, -0.15) is 5.10 Å². The lowest BCUT2D eigenvalue weighted by atomic mass is 10.2. The second kappa shape index (κ2) is 10.4. The molecular formula is C24H19F3N4O2S. The number of rotatable bonds is 8. The third kappa shape index (κ3) is 6.61. The van der Waals surface area contributed by atoms with Gasteiger partial charge in [-0.15, -0.1) is 24.9 Å². The zero-order valence-corrected chi connectivity index (χ0v) is 18.5. The van der Waals surface area contributed by atoms with Gasteiger partial charge in [-0.1, -0.05) is 6.07 Å². The van der Waals surface area contributed by atoms with Crippen LogP contribution in [-0.2, 0) is 4.79 Å². The van der Waals surface area contributed by atoms with Crippen molar-refractivity contribution in [3.05, 3.63) is 78.2 Å². The van der Waals surface area contributed by atoms with E-state index in [1.165, 1.54) is 23.9 Å². The molecule has 0 atom stereocenters. The van der Waals surface area contributed by atoms with Gasteiger partial charge >= 0.3 is 6.36 Å². The summed E-state index contributed by atoms with van der Waals surface area (Å²) < 4.78 is 40.4. The highest BCUT2D eigenvalue weighted by atomic mass is 32.2. The van der Waals surface area contributed by atoms with Gasteiger partial charge in [0, 0.05) is 34.3 Å². The lowest BCUT2D eigenvalue weighted by Gasteiger charge is -2.10. The maximum absolute atomic E-state index is 12.2. The standard InChI is InChI=1S/C24H19F3N4O2S/c25-24(26,27)33-18-7-4-17(5-8-18)29-23(32)12-14-34-19-9-10-20-21(30-31-22(20)15-19)11-6-16-3-1-2-13-28-16/h1-11,13,15H,12,14H2,(H,29,32)(H,30,31). The Bertz CT molecular complexity index is 1290. The maximum Gasteiger partial charge on any atom is 0.573 e. The van der Waals surface area contributed by atoms with Crippen molar-refractivity contribution in [1.29, 1.82) is 0 Å². The van der Waals surface area contributed by atoms with Crippen LogP contribution in [0.15, 0.2) is 71.8 Å². The fourth-order valence-corrected chi connectivity index (χ4v) is 3.99. The van der Waals surface area contributed by atoms with Crippen molar-refractivity contribution in [2.24, 2.45) is 0 Å². The number of aromatic nitrogens is 3. The Labute approximate surface area is 197 Å². The van der Waals surface area contributed by atoms with Crippen molar-refractivity contribution in [2.45, 2.75) is 17.7 Å². The van der Waals surface area contributed by atoms with Crippen molar-refractivity contribution >= 4 is 46.4 Å². The van der Waals surface area contributed by atoms with E-state index in [4.69, 9.17) is 0 Å². The minimum Gasteiger partial charge on any atom is -0.406 e. The number of thioether (sulfide) groups is 1. The van der Waals surface area contributed by atoms with Gasteiger partial charge in [0.25, 0.3) is 0 Å². The van der Waals surface area contributed by atoms with E-state index >= 15 is 0 Å². The van der Waals surface area contributed by atoms with Crippen molar-refractivity contribution in [2.75, 3.05) is 11.1 Å². The van der Waals surface area contributed by atoms with Gasteiger partial charge < -0.3 is 10.1 Å². The van der Waals surface area contributed by atoms with Crippen LogP contribution >= 0.6 is 11.8 Å². The van der Waals surface area contributed by atoms with Gasteiger partial charge in [0.2, 0.25) is 5.91 Å². The molecule has 2 aromatic carbocycles. The van der Waals surface area contributed by atoms with E-state index in [1.807, 2.05) is 48.6 Å². The van der Waals surface area contributed by atoms with Crippen LogP contribution in [0.4, 0.5) is 18.9 Å². The normalized spacial score (nSPS) is 11.7. The summed E-state index contributed by atoms with van der Waals surface area (Å²) in [6.07, 6.45) is 1.02. The molecule has 0 fully saturated rings. The molecule has 0 saturated carbocycles. The van der Waals surface area contributed by atoms with E-state index in [-0.39, 0.29) is 18.1 Å². The SMILES string of the molecule is O=C(CCSc1ccc2c(C=Cc3ccccn3)n[nH]c2c1)Nc1ccc(OC(F)(F)F)cc1. The largest absolute Gasteiger partial charge is 0.573 e. The molecule has 4 rings (SSSR count). The molecule has 4 aromatic rings. The second-order valence-electron chi connectivity index (χ2n) is 7.12. The molecule has 174 valence electrons. The summed E-state index contributed by atoms with van der Waals surface area (Å²) in [7, 11) is 0. The van der Waals surface area contributed by atoms with Crippen molar-refractivity contribution in [3.63, 3.8) is 0 Å². The van der Waals surface area contributed by atoms with E-state index < -0.39 is 6.36 Å². The number of anilines is 1. The van der Waals surface area contributed by atoms with Gasteiger partial charge in [-0.25, -0.2) is 0 Å². The van der Waals surface area contributed by atoms with Gasteiger partial charge in [0.1, 0.15) is 5.75 Å². The number of aromatic amines is 1. The average Bonchev–Trinajstić information content (AvgIpc) is 3.21. The molecule has 0 unspecified atom stereocenters. The number of nitrogens with one attached hydrogen (secondary N) is 2. The smallest absolute Gasteiger partial charge is 0.406 e. The van der Waals surface area contributed by atoms with Crippen molar-refractivity contribution < 1.29 is 22.7 Å². The molecule has 6 nitrogen and oxygen atoms in total. The predicted molar refractivity (Wildman–Crippen MR) is 126 cm³/mol. The lowest BCUT2D eigenvalue weighted by Crippen LogP contribution is -2.17. The molecular weight excluding hydrogens is 465 g/mol. The molecule has 0 saturated heterocycles. The Balaban J connectivity index is 1.28. The number of pyridine rings is 1. The second-order valence-corrected chi connectivity index (χ2v) is 8.29. The summed E-state index contributed by atoms with van der Waals surface area (Å²) in [6.45, 7) is 0. The molecule has 10 heteroatoms. The third-order valence-corrected chi connectivity index (χ3v) is 5.63. The number of nitrogens with zero attached hydrogens (tertiary/aromatic N) is 2.